The van der Waals surface area contributed by atoms with Crippen LogP contribution in [-0.4, -0.2) is 63.0 Å². The third-order valence-electron chi connectivity index (χ3n) is 3.54. The number of hydrogen-bond donors (Lipinski definition) is 2. The number of guanidine groups is 1. The van der Waals surface area contributed by atoms with Crippen molar-refractivity contribution in [2.45, 2.75) is 37.9 Å². The fourth-order valence-electron chi connectivity index (χ4n) is 2.39. The first-order chi connectivity index (χ1) is 10.3. The lowest BCUT2D eigenvalue weighted by Crippen LogP contribution is -2.41. The van der Waals surface area contributed by atoms with E-state index in [0.717, 1.165) is 70.4 Å². The van der Waals surface area contributed by atoms with Gasteiger partial charge < -0.3 is 20.1 Å². The second-order valence-corrected chi connectivity index (χ2v) is 6.93. The van der Waals surface area contributed by atoms with Crippen LogP contribution in [-0.2, 0) is 9.47 Å². The molecule has 0 aliphatic carbocycles. The van der Waals surface area contributed by atoms with Gasteiger partial charge in [-0.15, -0.1) is 24.0 Å². The van der Waals surface area contributed by atoms with E-state index in [4.69, 9.17) is 14.5 Å². The summed E-state index contributed by atoms with van der Waals surface area (Å²) in [5.41, 5.74) is 0. The van der Waals surface area contributed by atoms with Crippen molar-refractivity contribution in [3.8, 4) is 0 Å². The zero-order valence-corrected chi connectivity index (χ0v) is 17.3. The molecule has 1 fully saturated rings. The Balaban J connectivity index is 0.00000441. The summed E-state index contributed by atoms with van der Waals surface area (Å²) in [6.07, 6.45) is 3.18. The average Bonchev–Trinajstić information content (AvgIpc) is 2.50. The highest BCUT2D eigenvalue weighted by Gasteiger charge is 2.32. The predicted molar refractivity (Wildman–Crippen MR) is 107 cm³/mol. The third-order valence-corrected chi connectivity index (χ3v) is 4.98. The lowest BCUT2D eigenvalue weighted by Gasteiger charge is -2.35. The molecule has 0 spiro atoms. The molecule has 2 N–H and O–H groups in total. The summed E-state index contributed by atoms with van der Waals surface area (Å²) in [6, 6.07) is 0. The molecule has 1 heterocycles. The van der Waals surface area contributed by atoms with Crippen LogP contribution in [0.3, 0.4) is 0 Å². The van der Waals surface area contributed by atoms with E-state index in [0.29, 0.717) is 0 Å². The van der Waals surface area contributed by atoms with Crippen molar-refractivity contribution in [2.24, 2.45) is 4.99 Å². The second-order valence-electron chi connectivity index (χ2n) is 5.20. The molecule has 0 aromatic heterocycles. The number of rotatable bonds is 9. The molecule has 7 heteroatoms. The molecular formula is C15H32IN3O2S. The SMILES string of the molecule is CCNC(=NCC1(SCC)CCOCC1)NCCCOC.I. The minimum Gasteiger partial charge on any atom is -0.385 e. The molecule has 0 aromatic carbocycles. The van der Waals surface area contributed by atoms with Crippen LogP contribution >= 0.6 is 35.7 Å². The number of thioether (sulfide) groups is 1. The number of aliphatic imine (C=N–C) groups is 1. The van der Waals surface area contributed by atoms with Crippen LogP contribution < -0.4 is 10.6 Å². The van der Waals surface area contributed by atoms with Gasteiger partial charge in [0.05, 0.1) is 6.54 Å². The van der Waals surface area contributed by atoms with Crippen molar-refractivity contribution in [3.63, 3.8) is 0 Å². The Morgan fingerprint density at radius 2 is 2.00 bits per heavy atom. The highest BCUT2D eigenvalue weighted by molar-refractivity contribution is 14.0. The summed E-state index contributed by atoms with van der Waals surface area (Å²) in [5.74, 6) is 2.05. The van der Waals surface area contributed by atoms with Crippen molar-refractivity contribution in [1.29, 1.82) is 0 Å². The summed E-state index contributed by atoms with van der Waals surface area (Å²) >= 11 is 2.03. The Hall–Kier alpha value is 0.270. The zero-order chi connectivity index (χ0) is 15.4. The van der Waals surface area contributed by atoms with Gasteiger partial charge in [-0.2, -0.15) is 11.8 Å². The van der Waals surface area contributed by atoms with E-state index >= 15 is 0 Å². The standard InChI is InChI=1S/C15H31N3O2S.HI/c1-4-16-14(17-9-6-10-19-3)18-13-15(21-5-2)7-11-20-12-8-15;/h4-13H2,1-3H3,(H2,16,17,18);1H. The van der Waals surface area contributed by atoms with Gasteiger partial charge in [0.15, 0.2) is 5.96 Å². The lowest BCUT2D eigenvalue weighted by atomic mass is 9.99. The molecule has 1 saturated heterocycles. The third kappa shape index (κ3) is 8.79. The summed E-state index contributed by atoms with van der Waals surface area (Å²) in [6.45, 7) is 9.44. The molecular weight excluding hydrogens is 413 g/mol. The number of ether oxygens (including phenoxy) is 2. The van der Waals surface area contributed by atoms with E-state index in [9.17, 15) is 0 Å². The molecule has 1 rings (SSSR count). The average molecular weight is 445 g/mol. The molecule has 0 aromatic rings. The van der Waals surface area contributed by atoms with Crippen LogP contribution in [0, 0.1) is 0 Å². The Labute approximate surface area is 156 Å². The van der Waals surface area contributed by atoms with Gasteiger partial charge >= 0.3 is 0 Å². The maximum atomic E-state index is 5.51. The fraction of sp³-hybridized carbons (Fsp3) is 0.933. The highest BCUT2D eigenvalue weighted by Crippen LogP contribution is 2.35. The minimum absolute atomic E-state index is 0. The van der Waals surface area contributed by atoms with Crippen molar-refractivity contribution >= 4 is 41.7 Å². The summed E-state index contributed by atoms with van der Waals surface area (Å²) in [4.78, 5) is 4.80. The predicted octanol–water partition coefficient (Wildman–Crippen LogP) is 2.50. The van der Waals surface area contributed by atoms with Gasteiger partial charge in [-0.3, -0.25) is 4.99 Å². The van der Waals surface area contributed by atoms with Crippen molar-refractivity contribution < 1.29 is 9.47 Å². The molecule has 5 nitrogen and oxygen atoms in total. The van der Waals surface area contributed by atoms with Crippen LogP contribution in [0.4, 0.5) is 0 Å². The van der Waals surface area contributed by atoms with E-state index in [2.05, 4.69) is 24.5 Å². The molecule has 0 saturated carbocycles. The number of nitrogens with zero attached hydrogens (tertiary/aromatic N) is 1. The van der Waals surface area contributed by atoms with Crippen molar-refractivity contribution in [3.05, 3.63) is 0 Å². The topological polar surface area (TPSA) is 54.9 Å². The molecule has 0 amide bonds. The fourth-order valence-corrected chi connectivity index (χ4v) is 3.61. The van der Waals surface area contributed by atoms with Crippen molar-refractivity contribution in [2.75, 3.05) is 52.3 Å². The van der Waals surface area contributed by atoms with E-state index in [1.54, 1.807) is 7.11 Å². The first-order valence-corrected chi connectivity index (χ1v) is 8.97. The second kappa shape index (κ2) is 13.7. The van der Waals surface area contributed by atoms with Gasteiger partial charge in [0.1, 0.15) is 0 Å². The van der Waals surface area contributed by atoms with Gasteiger partial charge in [-0.1, -0.05) is 6.92 Å². The number of hydrogen-bond acceptors (Lipinski definition) is 4. The highest BCUT2D eigenvalue weighted by atomic mass is 127. The largest absolute Gasteiger partial charge is 0.385 e. The zero-order valence-electron chi connectivity index (χ0n) is 14.2. The number of nitrogens with one attached hydrogen (secondary N) is 2. The van der Waals surface area contributed by atoms with Gasteiger partial charge in [0, 0.05) is 44.8 Å². The van der Waals surface area contributed by atoms with E-state index in [-0.39, 0.29) is 28.7 Å². The molecule has 0 unspecified atom stereocenters. The van der Waals surface area contributed by atoms with Gasteiger partial charge in [-0.25, -0.2) is 0 Å². The smallest absolute Gasteiger partial charge is 0.191 e. The van der Waals surface area contributed by atoms with E-state index in [1.807, 2.05) is 11.8 Å². The number of methoxy groups -OCH3 is 1. The first kappa shape index (κ1) is 22.3. The summed E-state index contributed by atoms with van der Waals surface area (Å²) < 4.78 is 10.8. The molecule has 22 heavy (non-hydrogen) atoms. The summed E-state index contributed by atoms with van der Waals surface area (Å²) in [7, 11) is 1.73. The Bertz CT molecular complexity index is 295. The van der Waals surface area contributed by atoms with Crippen LogP contribution in [0.2, 0.25) is 0 Å². The van der Waals surface area contributed by atoms with Crippen molar-refractivity contribution in [1.82, 2.24) is 10.6 Å². The molecule has 1 aliphatic rings. The van der Waals surface area contributed by atoms with Gasteiger partial charge in [-0.05, 0) is 31.9 Å². The molecule has 0 atom stereocenters. The Kier molecular flexibility index (Phi) is 13.9. The van der Waals surface area contributed by atoms with Gasteiger partial charge in [0.25, 0.3) is 0 Å². The monoisotopic (exact) mass is 445 g/mol. The normalized spacial score (nSPS) is 17.7. The van der Waals surface area contributed by atoms with E-state index in [1.165, 1.54) is 0 Å². The van der Waals surface area contributed by atoms with Crippen LogP contribution in [0.5, 0.6) is 0 Å². The van der Waals surface area contributed by atoms with E-state index < -0.39 is 0 Å². The first-order valence-electron chi connectivity index (χ1n) is 7.99. The maximum Gasteiger partial charge on any atom is 0.191 e. The van der Waals surface area contributed by atoms with Crippen LogP contribution in [0.25, 0.3) is 0 Å². The molecule has 0 bridgehead atoms. The molecule has 132 valence electrons. The van der Waals surface area contributed by atoms with Crippen LogP contribution in [0.1, 0.15) is 33.1 Å². The summed E-state index contributed by atoms with van der Waals surface area (Å²) in [5, 5.41) is 6.69. The molecule has 0 radical (unpaired) electrons. The quantitative estimate of drug-likeness (QED) is 0.247. The Morgan fingerprint density at radius 1 is 1.27 bits per heavy atom. The Morgan fingerprint density at radius 3 is 2.59 bits per heavy atom. The maximum absolute atomic E-state index is 5.51. The van der Waals surface area contributed by atoms with Crippen LogP contribution in [0.15, 0.2) is 4.99 Å². The molecule has 1 aliphatic heterocycles. The van der Waals surface area contributed by atoms with Gasteiger partial charge in [0.2, 0.25) is 0 Å². The minimum atomic E-state index is 0. The lowest BCUT2D eigenvalue weighted by molar-refractivity contribution is 0.0793. The number of halogens is 1.